The minimum Gasteiger partial charge on any atom is -0.313 e. The molecule has 2 saturated heterocycles. The molecule has 0 radical (unpaired) electrons. The highest BCUT2D eigenvalue weighted by molar-refractivity contribution is 4.91. The molecular weight excluding hydrogens is 172 g/mol. The third-order valence-electron chi connectivity index (χ3n) is 3.84. The lowest BCUT2D eigenvalue weighted by Gasteiger charge is -2.29. The van der Waals surface area contributed by atoms with Gasteiger partial charge in [0.05, 0.1) is 0 Å². The molecule has 2 nitrogen and oxygen atoms in total. The van der Waals surface area contributed by atoms with E-state index in [0.29, 0.717) is 0 Å². The number of hydrogen-bond acceptors (Lipinski definition) is 2. The van der Waals surface area contributed by atoms with E-state index in [0.717, 1.165) is 18.1 Å². The molecule has 0 amide bonds. The van der Waals surface area contributed by atoms with Crippen LogP contribution in [0.2, 0.25) is 0 Å². The van der Waals surface area contributed by atoms with E-state index in [2.05, 4.69) is 24.1 Å². The van der Waals surface area contributed by atoms with Gasteiger partial charge in [-0.2, -0.15) is 0 Å². The summed E-state index contributed by atoms with van der Waals surface area (Å²) < 4.78 is 0. The van der Waals surface area contributed by atoms with Gasteiger partial charge in [-0.25, -0.2) is 0 Å². The first kappa shape index (κ1) is 10.4. The Morgan fingerprint density at radius 3 is 2.93 bits per heavy atom. The average Bonchev–Trinajstić information content (AvgIpc) is 2.74. The van der Waals surface area contributed by atoms with Crippen molar-refractivity contribution >= 4 is 0 Å². The van der Waals surface area contributed by atoms with Crippen LogP contribution in [0.3, 0.4) is 0 Å². The molecule has 0 aromatic rings. The highest BCUT2D eigenvalue weighted by Gasteiger charge is 2.33. The maximum Gasteiger partial charge on any atom is 0.0238 e. The Hall–Kier alpha value is -0.0800. The van der Waals surface area contributed by atoms with Gasteiger partial charge in [0.1, 0.15) is 0 Å². The number of nitrogens with zero attached hydrogens (tertiary/aromatic N) is 1. The van der Waals surface area contributed by atoms with E-state index >= 15 is 0 Å². The van der Waals surface area contributed by atoms with Crippen LogP contribution in [0.4, 0.5) is 0 Å². The second kappa shape index (κ2) is 4.63. The first-order valence-electron chi connectivity index (χ1n) is 6.30. The molecule has 0 bridgehead atoms. The molecule has 3 atom stereocenters. The van der Waals surface area contributed by atoms with Crippen molar-refractivity contribution in [2.24, 2.45) is 0 Å². The summed E-state index contributed by atoms with van der Waals surface area (Å²) in [6, 6.07) is 2.48. The Morgan fingerprint density at radius 1 is 1.43 bits per heavy atom. The van der Waals surface area contributed by atoms with E-state index in [4.69, 9.17) is 0 Å². The van der Waals surface area contributed by atoms with Crippen LogP contribution in [0, 0.1) is 0 Å². The minimum atomic E-state index is 0.739. The maximum atomic E-state index is 3.57. The van der Waals surface area contributed by atoms with E-state index in [9.17, 15) is 0 Å². The maximum absolute atomic E-state index is 3.57. The van der Waals surface area contributed by atoms with Crippen molar-refractivity contribution in [1.29, 1.82) is 0 Å². The standard InChI is InChI=1S/C12H24N2/c1-3-5-11-6-4-7-14(11)12-8-10(2)13-9-12/h10-13H,3-9H2,1-2H3. The molecule has 0 aromatic carbocycles. The Labute approximate surface area is 88.1 Å². The fraction of sp³-hybridized carbons (Fsp3) is 1.00. The largest absolute Gasteiger partial charge is 0.313 e. The van der Waals surface area contributed by atoms with Crippen molar-refractivity contribution in [3.8, 4) is 0 Å². The lowest BCUT2D eigenvalue weighted by atomic mass is 10.1. The highest BCUT2D eigenvalue weighted by atomic mass is 15.2. The molecule has 0 aromatic heterocycles. The summed E-state index contributed by atoms with van der Waals surface area (Å²) in [7, 11) is 0. The van der Waals surface area contributed by atoms with Crippen LogP contribution >= 0.6 is 0 Å². The number of nitrogens with one attached hydrogen (secondary N) is 1. The molecule has 3 unspecified atom stereocenters. The number of hydrogen-bond donors (Lipinski definition) is 1. The normalized spacial score (nSPS) is 39.4. The van der Waals surface area contributed by atoms with Crippen LogP contribution < -0.4 is 5.32 Å². The molecule has 14 heavy (non-hydrogen) atoms. The minimum absolute atomic E-state index is 0.739. The van der Waals surface area contributed by atoms with Crippen molar-refractivity contribution in [2.45, 2.75) is 64.1 Å². The zero-order valence-electron chi connectivity index (χ0n) is 9.63. The lowest BCUT2D eigenvalue weighted by molar-refractivity contribution is 0.180. The van der Waals surface area contributed by atoms with Crippen molar-refractivity contribution in [2.75, 3.05) is 13.1 Å². The summed E-state index contributed by atoms with van der Waals surface area (Å²) in [5, 5.41) is 3.57. The van der Waals surface area contributed by atoms with E-state index < -0.39 is 0 Å². The molecule has 2 aliphatic rings. The fourth-order valence-corrected chi connectivity index (χ4v) is 3.15. The molecule has 1 N–H and O–H groups in total. The molecule has 82 valence electrons. The summed E-state index contributed by atoms with van der Waals surface area (Å²) in [4.78, 5) is 2.78. The summed E-state index contributed by atoms with van der Waals surface area (Å²) in [6.07, 6.45) is 6.98. The van der Waals surface area contributed by atoms with Gasteiger partial charge in [0.15, 0.2) is 0 Å². The van der Waals surface area contributed by atoms with Gasteiger partial charge in [-0.15, -0.1) is 0 Å². The van der Waals surface area contributed by atoms with Crippen LogP contribution in [-0.2, 0) is 0 Å². The molecule has 2 heterocycles. The molecular formula is C12H24N2. The third-order valence-corrected chi connectivity index (χ3v) is 3.84. The Kier molecular flexibility index (Phi) is 3.45. The topological polar surface area (TPSA) is 15.3 Å². The third kappa shape index (κ3) is 2.12. The molecule has 0 spiro atoms. The van der Waals surface area contributed by atoms with E-state index in [-0.39, 0.29) is 0 Å². The summed E-state index contributed by atoms with van der Waals surface area (Å²) in [5.74, 6) is 0. The van der Waals surface area contributed by atoms with E-state index in [1.54, 1.807) is 0 Å². The average molecular weight is 196 g/mol. The van der Waals surface area contributed by atoms with Gasteiger partial charge in [0.25, 0.3) is 0 Å². The summed E-state index contributed by atoms with van der Waals surface area (Å²) >= 11 is 0. The quantitative estimate of drug-likeness (QED) is 0.743. The van der Waals surface area contributed by atoms with E-state index in [1.165, 1.54) is 45.2 Å². The summed E-state index contributed by atoms with van der Waals surface area (Å²) in [6.45, 7) is 7.20. The molecule has 0 aliphatic carbocycles. The molecule has 2 heteroatoms. The van der Waals surface area contributed by atoms with Crippen LogP contribution in [-0.4, -0.2) is 36.1 Å². The van der Waals surface area contributed by atoms with Gasteiger partial charge in [0, 0.05) is 24.7 Å². The molecule has 2 aliphatic heterocycles. The van der Waals surface area contributed by atoms with Crippen LogP contribution in [0.5, 0.6) is 0 Å². The van der Waals surface area contributed by atoms with Crippen molar-refractivity contribution < 1.29 is 0 Å². The first-order valence-corrected chi connectivity index (χ1v) is 6.30. The van der Waals surface area contributed by atoms with Crippen molar-refractivity contribution in [3.63, 3.8) is 0 Å². The fourth-order valence-electron chi connectivity index (χ4n) is 3.15. The Bertz CT molecular complexity index is 181. The van der Waals surface area contributed by atoms with Crippen LogP contribution in [0.25, 0.3) is 0 Å². The molecule has 2 rings (SSSR count). The van der Waals surface area contributed by atoms with Gasteiger partial charge < -0.3 is 5.32 Å². The van der Waals surface area contributed by atoms with Crippen molar-refractivity contribution in [1.82, 2.24) is 10.2 Å². The van der Waals surface area contributed by atoms with Crippen LogP contribution in [0.15, 0.2) is 0 Å². The molecule has 0 saturated carbocycles. The van der Waals surface area contributed by atoms with E-state index in [1.807, 2.05) is 0 Å². The second-order valence-electron chi connectivity index (χ2n) is 5.02. The Balaban J connectivity index is 1.89. The Morgan fingerprint density at radius 2 is 2.29 bits per heavy atom. The number of likely N-dealkylation sites (tertiary alicyclic amines) is 1. The second-order valence-corrected chi connectivity index (χ2v) is 5.02. The van der Waals surface area contributed by atoms with Gasteiger partial charge >= 0.3 is 0 Å². The SMILES string of the molecule is CCCC1CCCN1C1CNC(C)C1. The lowest BCUT2D eigenvalue weighted by Crippen LogP contribution is -2.40. The van der Waals surface area contributed by atoms with Crippen molar-refractivity contribution in [3.05, 3.63) is 0 Å². The summed E-state index contributed by atoms with van der Waals surface area (Å²) in [5.41, 5.74) is 0. The number of rotatable bonds is 3. The molecule has 2 fully saturated rings. The van der Waals surface area contributed by atoms with Gasteiger partial charge in [-0.1, -0.05) is 13.3 Å². The van der Waals surface area contributed by atoms with Gasteiger partial charge in [-0.05, 0) is 39.2 Å². The van der Waals surface area contributed by atoms with Gasteiger partial charge in [-0.3, -0.25) is 4.90 Å². The zero-order chi connectivity index (χ0) is 9.97. The highest BCUT2D eigenvalue weighted by Crippen LogP contribution is 2.26. The van der Waals surface area contributed by atoms with Crippen LogP contribution in [0.1, 0.15) is 46.0 Å². The first-order chi connectivity index (χ1) is 6.81. The van der Waals surface area contributed by atoms with Gasteiger partial charge in [0.2, 0.25) is 0 Å². The monoisotopic (exact) mass is 196 g/mol. The zero-order valence-corrected chi connectivity index (χ0v) is 9.63. The smallest absolute Gasteiger partial charge is 0.0238 e. The predicted molar refractivity (Wildman–Crippen MR) is 60.5 cm³/mol. The predicted octanol–water partition coefficient (Wildman–Crippen LogP) is 2.00.